The van der Waals surface area contributed by atoms with Crippen LogP contribution in [0.15, 0.2) is 24.3 Å². The van der Waals surface area contributed by atoms with Gasteiger partial charge in [0.05, 0.1) is 18.8 Å². The second kappa shape index (κ2) is 8.27. The lowest BCUT2D eigenvalue weighted by Crippen LogP contribution is -2.56. The maximum Gasteiger partial charge on any atom is 0.232 e. The van der Waals surface area contributed by atoms with Gasteiger partial charge < -0.3 is 14.5 Å². The third-order valence-electron chi connectivity index (χ3n) is 4.28. The average Bonchev–Trinajstić information content (AvgIpc) is 3.00. The monoisotopic (exact) mass is 354 g/mol. The Morgan fingerprint density at radius 2 is 2.09 bits per heavy atom. The number of hydrogen-bond donors (Lipinski definition) is 0. The third kappa shape index (κ3) is 5.03. The molecule has 2 heterocycles. The minimum atomic E-state index is 0.0898. The van der Waals surface area contributed by atoms with E-state index in [-0.39, 0.29) is 12.0 Å². The Bertz CT molecular complexity index is 531. The number of carbonyl (C=O) groups excluding carboxylic acids is 1. The second-order valence-electron chi connectivity index (χ2n) is 6.10. The van der Waals surface area contributed by atoms with E-state index in [0.717, 1.165) is 18.0 Å². The lowest BCUT2D eigenvalue weighted by molar-refractivity contribution is -0.136. The van der Waals surface area contributed by atoms with Gasteiger partial charge in [-0.05, 0) is 44.1 Å². The van der Waals surface area contributed by atoms with Crippen LogP contribution in [0.25, 0.3) is 0 Å². The number of likely N-dealkylation sites (tertiary alicyclic amines) is 2. The molecule has 0 aliphatic carbocycles. The Morgan fingerprint density at radius 1 is 1.30 bits per heavy atom. The summed E-state index contributed by atoms with van der Waals surface area (Å²) < 4.78 is 5.81. The van der Waals surface area contributed by atoms with Crippen LogP contribution in [-0.4, -0.2) is 66.0 Å². The van der Waals surface area contributed by atoms with Crippen LogP contribution >= 0.6 is 23.4 Å². The van der Waals surface area contributed by atoms with Gasteiger partial charge in [-0.25, -0.2) is 0 Å². The number of carbonyl (C=O) groups is 1. The van der Waals surface area contributed by atoms with Gasteiger partial charge in [-0.3, -0.25) is 4.79 Å². The molecule has 126 valence electrons. The van der Waals surface area contributed by atoms with Crippen LogP contribution in [0.4, 0.5) is 0 Å². The molecule has 0 spiro atoms. The van der Waals surface area contributed by atoms with E-state index in [0.29, 0.717) is 23.9 Å². The van der Waals surface area contributed by atoms with Crippen molar-refractivity contribution in [2.45, 2.75) is 18.9 Å². The van der Waals surface area contributed by atoms with Crippen LogP contribution in [0.3, 0.4) is 0 Å². The quantitative estimate of drug-likeness (QED) is 0.705. The van der Waals surface area contributed by atoms with Crippen molar-refractivity contribution in [3.8, 4) is 5.75 Å². The highest BCUT2D eigenvalue weighted by Crippen LogP contribution is 2.22. The van der Waals surface area contributed by atoms with Crippen LogP contribution in [0, 0.1) is 0 Å². The van der Waals surface area contributed by atoms with Crippen LogP contribution in [0.5, 0.6) is 5.75 Å². The van der Waals surface area contributed by atoms with Gasteiger partial charge >= 0.3 is 0 Å². The molecule has 2 aliphatic rings. The van der Waals surface area contributed by atoms with E-state index < -0.39 is 0 Å². The largest absolute Gasteiger partial charge is 0.487 e. The molecule has 1 amide bonds. The van der Waals surface area contributed by atoms with Gasteiger partial charge in [-0.1, -0.05) is 17.7 Å². The number of hydrogen-bond acceptors (Lipinski definition) is 4. The zero-order valence-electron chi connectivity index (χ0n) is 13.2. The SMILES string of the molecule is O=C(CSCCN1CCCC1)N1CC(Oc2cccc(Cl)c2)C1. The van der Waals surface area contributed by atoms with Gasteiger partial charge in [-0.15, -0.1) is 0 Å². The fourth-order valence-corrected chi connectivity index (χ4v) is 3.97. The van der Waals surface area contributed by atoms with Gasteiger partial charge in [0.2, 0.25) is 5.91 Å². The molecular weight excluding hydrogens is 332 g/mol. The fourth-order valence-electron chi connectivity index (χ4n) is 2.90. The first-order valence-corrected chi connectivity index (χ1v) is 9.74. The maximum absolute atomic E-state index is 12.1. The Morgan fingerprint density at radius 3 is 2.83 bits per heavy atom. The zero-order chi connectivity index (χ0) is 16.1. The van der Waals surface area contributed by atoms with Gasteiger partial charge in [0.1, 0.15) is 11.9 Å². The maximum atomic E-state index is 12.1. The molecule has 0 N–H and O–H groups in total. The van der Waals surface area contributed by atoms with Crippen molar-refractivity contribution in [2.24, 2.45) is 0 Å². The molecule has 1 aromatic carbocycles. The number of thioether (sulfide) groups is 1. The summed E-state index contributed by atoms with van der Waals surface area (Å²) >= 11 is 7.68. The molecule has 4 nitrogen and oxygen atoms in total. The number of rotatable bonds is 7. The summed E-state index contributed by atoms with van der Waals surface area (Å²) in [7, 11) is 0. The highest BCUT2D eigenvalue weighted by molar-refractivity contribution is 7.99. The second-order valence-corrected chi connectivity index (χ2v) is 7.64. The molecule has 0 atom stereocenters. The summed E-state index contributed by atoms with van der Waals surface area (Å²) in [6.45, 7) is 4.92. The Labute approximate surface area is 147 Å². The van der Waals surface area contributed by atoms with Gasteiger partial charge in [0.25, 0.3) is 0 Å². The molecule has 0 unspecified atom stereocenters. The van der Waals surface area contributed by atoms with E-state index in [9.17, 15) is 4.79 Å². The van der Waals surface area contributed by atoms with Crippen molar-refractivity contribution in [1.29, 1.82) is 0 Å². The van der Waals surface area contributed by atoms with Crippen LogP contribution < -0.4 is 4.74 Å². The van der Waals surface area contributed by atoms with E-state index in [1.54, 1.807) is 17.8 Å². The van der Waals surface area contributed by atoms with Gasteiger partial charge in [0.15, 0.2) is 0 Å². The van der Waals surface area contributed by atoms with Crippen molar-refractivity contribution >= 4 is 29.3 Å². The van der Waals surface area contributed by atoms with E-state index in [2.05, 4.69) is 4.90 Å². The van der Waals surface area contributed by atoms with Crippen LogP contribution in [0.2, 0.25) is 5.02 Å². The number of nitrogens with zero attached hydrogens (tertiary/aromatic N) is 2. The molecule has 0 bridgehead atoms. The summed E-state index contributed by atoms with van der Waals surface area (Å²) in [4.78, 5) is 16.4. The van der Waals surface area contributed by atoms with Crippen molar-refractivity contribution in [3.05, 3.63) is 29.3 Å². The number of amides is 1. The topological polar surface area (TPSA) is 32.8 Å². The van der Waals surface area contributed by atoms with Crippen LogP contribution in [0.1, 0.15) is 12.8 Å². The molecule has 0 saturated carbocycles. The van der Waals surface area contributed by atoms with E-state index in [1.807, 2.05) is 23.1 Å². The highest BCUT2D eigenvalue weighted by atomic mass is 35.5. The normalized spacial score (nSPS) is 18.9. The molecule has 2 aliphatic heterocycles. The molecule has 1 aromatic rings. The average molecular weight is 355 g/mol. The van der Waals surface area contributed by atoms with E-state index in [4.69, 9.17) is 16.3 Å². The number of ether oxygens (including phenoxy) is 1. The standard InChI is InChI=1S/C17H23ClN2O2S/c18-14-4-3-5-15(10-14)22-16-11-20(12-16)17(21)13-23-9-8-19-6-1-2-7-19/h3-5,10,16H,1-2,6-9,11-13H2. The van der Waals surface area contributed by atoms with Gasteiger partial charge in [0, 0.05) is 17.3 Å². The molecule has 0 aromatic heterocycles. The molecule has 3 rings (SSSR count). The highest BCUT2D eigenvalue weighted by Gasteiger charge is 2.31. The molecular formula is C17H23ClN2O2S. The first kappa shape index (κ1) is 16.9. The first-order chi connectivity index (χ1) is 11.2. The molecule has 2 fully saturated rings. The predicted octanol–water partition coefficient (Wildman–Crippen LogP) is 2.76. The summed E-state index contributed by atoms with van der Waals surface area (Å²) in [5.74, 6) is 2.62. The smallest absolute Gasteiger partial charge is 0.232 e. The Kier molecular flexibility index (Phi) is 6.08. The summed E-state index contributed by atoms with van der Waals surface area (Å²) in [5.41, 5.74) is 0. The van der Waals surface area contributed by atoms with Crippen LogP contribution in [-0.2, 0) is 4.79 Å². The molecule has 6 heteroatoms. The Balaban J connectivity index is 1.29. The van der Waals surface area contributed by atoms with Crippen molar-refractivity contribution in [2.75, 3.05) is 44.2 Å². The molecule has 2 saturated heterocycles. The minimum Gasteiger partial charge on any atom is -0.487 e. The van der Waals surface area contributed by atoms with Crippen molar-refractivity contribution < 1.29 is 9.53 Å². The minimum absolute atomic E-state index is 0.0898. The number of benzene rings is 1. The van der Waals surface area contributed by atoms with E-state index >= 15 is 0 Å². The molecule has 0 radical (unpaired) electrons. The summed E-state index contributed by atoms with van der Waals surface area (Å²) in [6, 6.07) is 7.39. The van der Waals surface area contributed by atoms with Gasteiger partial charge in [-0.2, -0.15) is 11.8 Å². The third-order valence-corrected chi connectivity index (χ3v) is 5.43. The zero-order valence-corrected chi connectivity index (χ0v) is 14.8. The lowest BCUT2D eigenvalue weighted by Gasteiger charge is -2.39. The number of halogens is 1. The van der Waals surface area contributed by atoms with E-state index in [1.165, 1.54) is 25.9 Å². The summed E-state index contributed by atoms with van der Waals surface area (Å²) in [6.07, 6.45) is 2.74. The fraction of sp³-hybridized carbons (Fsp3) is 0.588. The Hall–Kier alpha value is -0.910. The molecule has 23 heavy (non-hydrogen) atoms. The predicted molar refractivity (Wildman–Crippen MR) is 95.4 cm³/mol. The lowest BCUT2D eigenvalue weighted by atomic mass is 10.1. The van der Waals surface area contributed by atoms with Crippen molar-refractivity contribution in [1.82, 2.24) is 9.80 Å². The first-order valence-electron chi connectivity index (χ1n) is 8.21. The van der Waals surface area contributed by atoms with Crippen molar-refractivity contribution in [3.63, 3.8) is 0 Å². The summed E-state index contributed by atoms with van der Waals surface area (Å²) in [5, 5.41) is 0.671.